The Kier molecular flexibility index (Phi) is 3.10. The number of hydrogen-bond donors (Lipinski definition) is 1. The lowest BCUT2D eigenvalue weighted by atomic mass is 9.97. The summed E-state index contributed by atoms with van der Waals surface area (Å²) in [5.41, 5.74) is 13.5. The summed E-state index contributed by atoms with van der Waals surface area (Å²) >= 11 is 1.66. The molecule has 0 amide bonds. The lowest BCUT2D eigenvalue weighted by Gasteiger charge is -2.06. The molecule has 0 aliphatic rings. The second-order valence-corrected chi connectivity index (χ2v) is 5.78. The quantitative estimate of drug-likeness (QED) is 0.749. The number of aromatic nitrogens is 1. The molecule has 0 aliphatic heterocycles. The fourth-order valence-corrected chi connectivity index (χ4v) is 3.10. The maximum Gasteiger partial charge on any atom is 0.230 e. The van der Waals surface area contributed by atoms with E-state index in [0.717, 1.165) is 22.4 Å². The molecule has 0 fully saturated rings. The van der Waals surface area contributed by atoms with Gasteiger partial charge in [-0.15, -0.1) is 0 Å². The highest BCUT2D eigenvalue weighted by atomic mass is 32.1. The predicted molar refractivity (Wildman–Crippen MR) is 83.9 cm³/mol. The molecule has 0 atom stereocenters. The standard InChI is InChI=1S/C16H16N2OS/c1-9-4-5-12(6-10(9)2)14-15(18-19-16(14)17)13-8-20-7-11(13)3/h4-8H,17H2,1-3H3. The maximum absolute atomic E-state index is 5.99. The number of hydrogen-bond acceptors (Lipinski definition) is 4. The number of rotatable bonds is 2. The minimum absolute atomic E-state index is 0.369. The molecule has 0 bridgehead atoms. The van der Waals surface area contributed by atoms with Crippen LogP contribution in [-0.4, -0.2) is 5.16 Å². The van der Waals surface area contributed by atoms with Gasteiger partial charge in [-0.1, -0.05) is 23.4 Å². The van der Waals surface area contributed by atoms with Gasteiger partial charge in [0.15, 0.2) is 0 Å². The van der Waals surface area contributed by atoms with Gasteiger partial charge in [0.2, 0.25) is 5.88 Å². The molecule has 3 aromatic rings. The lowest BCUT2D eigenvalue weighted by Crippen LogP contribution is -1.89. The highest BCUT2D eigenvalue weighted by Gasteiger charge is 2.19. The van der Waals surface area contributed by atoms with Crippen LogP contribution < -0.4 is 5.73 Å². The van der Waals surface area contributed by atoms with Gasteiger partial charge in [0, 0.05) is 10.9 Å². The third-order valence-electron chi connectivity index (χ3n) is 3.62. The second kappa shape index (κ2) is 4.80. The van der Waals surface area contributed by atoms with E-state index in [9.17, 15) is 0 Å². The Balaban J connectivity index is 2.21. The van der Waals surface area contributed by atoms with E-state index in [1.165, 1.54) is 16.7 Å². The molecule has 0 radical (unpaired) electrons. The Morgan fingerprint density at radius 1 is 1.05 bits per heavy atom. The molecule has 0 aliphatic carbocycles. The molecule has 2 N–H and O–H groups in total. The Morgan fingerprint density at radius 3 is 2.50 bits per heavy atom. The van der Waals surface area contributed by atoms with Crippen LogP contribution in [0.4, 0.5) is 5.88 Å². The maximum atomic E-state index is 5.99. The summed E-state index contributed by atoms with van der Waals surface area (Å²) in [6.45, 7) is 6.26. The average Bonchev–Trinajstić information content (AvgIpc) is 2.99. The molecule has 0 unspecified atom stereocenters. The molecule has 0 saturated carbocycles. The Hall–Kier alpha value is -2.07. The molecule has 3 rings (SSSR count). The normalized spacial score (nSPS) is 10.9. The SMILES string of the molecule is Cc1ccc(-c2c(-c3cscc3C)noc2N)cc1C. The van der Waals surface area contributed by atoms with Crippen molar-refractivity contribution in [3.8, 4) is 22.4 Å². The first-order valence-electron chi connectivity index (χ1n) is 6.44. The van der Waals surface area contributed by atoms with Crippen molar-refractivity contribution in [1.29, 1.82) is 0 Å². The fourth-order valence-electron chi connectivity index (χ4n) is 2.27. The Morgan fingerprint density at radius 2 is 1.85 bits per heavy atom. The van der Waals surface area contributed by atoms with Crippen molar-refractivity contribution >= 4 is 17.2 Å². The first-order chi connectivity index (χ1) is 9.58. The summed E-state index contributed by atoms with van der Waals surface area (Å²) < 4.78 is 5.23. The van der Waals surface area contributed by atoms with Crippen LogP contribution in [-0.2, 0) is 0 Å². The highest BCUT2D eigenvalue weighted by Crippen LogP contribution is 2.38. The van der Waals surface area contributed by atoms with E-state index in [1.54, 1.807) is 11.3 Å². The highest BCUT2D eigenvalue weighted by molar-refractivity contribution is 7.08. The van der Waals surface area contributed by atoms with Crippen LogP contribution in [0.3, 0.4) is 0 Å². The van der Waals surface area contributed by atoms with Crippen LogP contribution in [0.15, 0.2) is 33.5 Å². The van der Waals surface area contributed by atoms with Crippen LogP contribution >= 0.6 is 11.3 Å². The van der Waals surface area contributed by atoms with Crippen molar-refractivity contribution in [1.82, 2.24) is 5.16 Å². The third kappa shape index (κ3) is 2.02. The molecule has 2 aromatic heterocycles. The number of nitrogens with two attached hydrogens (primary N) is 1. The zero-order valence-electron chi connectivity index (χ0n) is 11.7. The molecule has 2 heterocycles. The Labute approximate surface area is 122 Å². The van der Waals surface area contributed by atoms with E-state index in [1.807, 2.05) is 0 Å². The van der Waals surface area contributed by atoms with Gasteiger partial charge in [-0.3, -0.25) is 0 Å². The molecular weight excluding hydrogens is 268 g/mol. The van der Waals surface area contributed by atoms with Crippen LogP contribution in [0.2, 0.25) is 0 Å². The van der Waals surface area contributed by atoms with Crippen LogP contribution in [0.1, 0.15) is 16.7 Å². The monoisotopic (exact) mass is 284 g/mol. The van der Waals surface area contributed by atoms with Gasteiger partial charge in [0.1, 0.15) is 5.69 Å². The second-order valence-electron chi connectivity index (χ2n) is 5.04. The molecule has 4 heteroatoms. The van der Waals surface area contributed by atoms with Gasteiger partial charge >= 0.3 is 0 Å². The number of nitrogens with zero attached hydrogens (tertiary/aromatic N) is 1. The largest absolute Gasteiger partial charge is 0.367 e. The van der Waals surface area contributed by atoms with E-state index in [0.29, 0.717) is 5.88 Å². The number of benzene rings is 1. The lowest BCUT2D eigenvalue weighted by molar-refractivity contribution is 0.439. The van der Waals surface area contributed by atoms with Crippen molar-refractivity contribution in [2.45, 2.75) is 20.8 Å². The van der Waals surface area contributed by atoms with Crippen LogP contribution in [0.25, 0.3) is 22.4 Å². The minimum Gasteiger partial charge on any atom is -0.367 e. The molecular formula is C16H16N2OS. The third-order valence-corrected chi connectivity index (χ3v) is 4.49. The summed E-state index contributed by atoms with van der Waals surface area (Å²) in [5, 5.41) is 8.34. The average molecular weight is 284 g/mol. The summed E-state index contributed by atoms with van der Waals surface area (Å²) in [4.78, 5) is 0. The molecule has 20 heavy (non-hydrogen) atoms. The van der Waals surface area contributed by atoms with Crippen molar-refractivity contribution in [2.75, 3.05) is 5.73 Å². The smallest absolute Gasteiger partial charge is 0.230 e. The summed E-state index contributed by atoms with van der Waals surface area (Å²) in [6, 6.07) is 6.29. The first kappa shape index (κ1) is 12.9. The fraction of sp³-hybridized carbons (Fsp3) is 0.188. The van der Waals surface area contributed by atoms with E-state index in [-0.39, 0.29) is 0 Å². The van der Waals surface area contributed by atoms with Gasteiger partial charge < -0.3 is 10.3 Å². The van der Waals surface area contributed by atoms with Gasteiger partial charge in [0.25, 0.3) is 0 Å². The van der Waals surface area contributed by atoms with Crippen LogP contribution in [0.5, 0.6) is 0 Å². The van der Waals surface area contributed by atoms with E-state index in [4.69, 9.17) is 10.3 Å². The van der Waals surface area contributed by atoms with E-state index >= 15 is 0 Å². The summed E-state index contributed by atoms with van der Waals surface area (Å²) in [5.74, 6) is 0.369. The predicted octanol–water partition coefficient (Wildman–Crippen LogP) is 4.58. The van der Waals surface area contributed by atoms with Crippen molar-refractivity contribution < 1.29 is 4.52 Å². The van der Waals surface area contributed by atoms with E-state index in [2.05, 4.69) is 54.9 Å². The number of aryl methyl sites for hydroxylation is 3. The first-order valence-corrected chi connectivity index (χ1v) is 7.38. The van der Waals surface area contributed by atoms with Crippen LogP contribution in [0, 0.1) is 20.8 Å². The molecule has 1 aromatic carbocycles. The van der Waals surface area contributed by atoms with Gasteiger partial charge in [0.05, 0.1) is 5.56 Å². The minimum atomic E-state index is 0.369. The molecule has 0 saturated heterocycles. The molecule has 0 spiro atoms. The molecule has 3 nitrogen and oxygen atoms in total. The molecule has 102 valence electrons. The van der Waals surface area contributed by atoms with Crippen molar-refractivity contribution in [3.63, 3.8) is 0 Å². The Bertz CT molecular complexity index is 771. The summed E-state index contributed by atoms with van der Waals surface area (Å²) in [6.07, 6.45) is 0. The zero-order chi connectivity index (χ0) is 14.3. The van der Waals surface area contributed by atoms with Gasteiger partial charge in [-0.25, -0.2) is 0 Å². The topological polar surface area (TPSA) is 52.0 Å². The zero-order valence-corrected chi connectivity index (χ0v) is 12.5. The van der Waals surface area contributed by atoms with Gasteiger partial charge in [-0.2, -0.15) is 11.3 Å². The van der Waals surface area contributed by atoms with E-state index < -0.39 is 0 Å². The number of nitrogen functional groups attached to an aromatic ring is 1. The number of anilines is 1. The van der Waals surface area contributed by atoms with Gasteiger partial charge in [-0.05, 0) is 48.4 Å². The summed E-state index contributed by atoms with van der Waals surface area (Å²) in [7, 11) is 0. The van der Waals surface area contributed by atoms with Crippen molar-refractivity contribution in [3.05, 3.63) is 45.6 Å². The van der Waals surface area contributed by atoms with Crippen molar-refractivity contribution in [2.24, 2.45) is 0 Å². The number of thiophene rings is 1.